The van der Waals surface area contributed by atoms with Crippen LogP contribution in [0.1, 0.15) is 60.3 Å². The fourth-order valence-electron chi connectivity index (χ4n) is 2.84. The molecular weight excluding hydrogens is 240 g/mol. The summed E-state index contributed by atoms with van der Waals surface area (Å²) in [5, 5.41) is 2.88. The second-order valence-corrected chi connectivity index (χ2v) is 5.68. The van der Waals surface area contributed by atoms with E-state index in [0.717, 1.165) is 19.3 Å². The Morgan fingerprint density at radius 3 is 2.32 bits per heavy atom. The zero-order valence-corrected chi connectivity index (χ0v) is 12.9. The maximum atomic E-state index is 12.6. The van der Waals surface area contributed by atoms with Crippen LogP contribution in [-0.2, 0) is 9.59 Å². The third kappa shape index (κ3) is 3.28. The summed E-state index contributed by atoms with van der Waals surface area (Å²) in [5.41, 5.74) is 0. The van der Waals surface area contributed by atoms with Crippen LogP contribution in [0.15, 0.2) is 0 Å². The third-order valence-corrected chi connectivity index (χ3v) is 4.21. The highest BCUT2D eigenvalue weighted by Crippen LogP contribution is 2.24. The van der Waals surface area contributed by atoms with Crippen molar-refractivity contribution < 1.29 is 9.59 Å². The van der Waals surface area contributed by atoms with Gasteiger partial charge >= 0.3 is 0 Å². The van der Waals surface area contributed by atoms with Gasteiger partial charge in [-0.25, -0.2) is 0 Å². The van der Waals surface area contributed by atoms with Gasteiger partial charge in [-0.05, 0) is 25.7 Å². The molecule has 0 aromatic carbocycles. The van der Waals surface area contributed by atoms with Gasteiger partial charge in [-0.15, -0.1) is 0 Å². The predicted octanol–water partition coefficient (Wildman–Crippen LogP) is 2.33. The first-order valence-corrected chi connectivity index (χ1v) is 7.60. The molecular formula is C15H28N2O2. The van der Waals surface area contributed by atoms with Gasteiger partial charge in [0, 0.05) is 6.04 Å². The molecule has 1 rings (SSSR count). The Balaban J connectivity index is 3.04. The van der Waals surface area contributed by atoms with Crippen LogP contribution in [0.2, 0.25) is 0 Å². The highest BCUT2D eigenvalue weighted by atomic mass is 16.2. The highest BCUT2D eigenvalue weighted by Gasteiger charge is 2.43. The second kappa shape index (κ2) is 6.92. The van der Waals surface area contributed by atoms with E-state index >= 15 is 0 Å². The molecule has 1 aliphatic heterocycles. The van der Waals surface area contributed by atoms with Crippen LogP contribution < -0.4 is 5.32 Å². The van der Waals surface area contributed by atoms with Crippen molar-refractivity contribution in [3.8, 4) is 0 Å². The molecule has 4 nitrogen and oxygen atoms in total. The van der Waals surface area contributed by atoms with Gasteiger partial charge in [0.25, 0.3) is 0 Å². The average molecular weight is 268 g/mol. The minimum absolute atomic E-state index is 0.0174. The van der Waals surface area contributed by atoms with Crippen molar-refractivity contribution in [2.75, 3.05) is 0 Å². The molecule has 0 aliphatic carbocycles. The molecule has 0 saturated carbocycles. The number of carbonyl (C=O) groups is 2. The summed E-state index contributed by atoms with van der Waals surface area (Å²) >= 11 is 0. The van der Waals surface area contributed by atoms with Crippen LogP contribution in [0.3, 0.4) is 0 Å². The first-order valence-electron chi connectivity index (χ1n) is 7.60. The largest absolute Gasteiger partial charge is 0.343 e. The van der Waals surface area contributed by atoms with E-state index in [-0.39, 0.29) is 35.9 Å². The lowest BCUT2D eigenvalue weighted by molar-refractivity contribution is -0.154. The van der Waals surface area contributed by atoms with E-state index in [1.807, 2.05) is 11.8 Å². The van der Waals surface area contributed by atoms with Crippen LogP contribution in [0, 0.1) is 5.92 Å². The van der Waals surface area contributed by atoms with Gasteiger partial charge in [0.15, 0.2) is 0 Å². The van der Waals surface area contributed by atoms with E-state index in [1.165, 1.54) is 0 Å². The summed E-state index contributed by atoms with van der Waals surface area (Å²) in [5.74, 6) is 0.304. The molecule has 0 aromatic heterocycles. The molecule has 1 fully saturated rings. The Morgan fingerprint density at radius 2 is 1.84 bits per heavy atom. The Labute approximate surface area is 116 Å². The van der Waals surface area contributed by atoms with Crippen LogP contribution in [0.4, 0.5) is 0 Å². The van der Waals surface area contributed by atoms with E-state index in [2.05, 4.69) is 33.0 Å². The second-order valence-electron chi connectivity index (χ2n) is 5.68. The first kappa shape index (κ1) is 16.0. The van der Waals surface area contributed by atoms with Gasteiger partial charge in [-0.3, -0.25) is 9.59 Å². The van der Waals surface area contributed by atoms with Gasteiger partial charge in [0.2, 0.25) is 11.8 Å². The van der Waals surface area contributed by atoms with Crippen molar-refractivity contribution in [3.05, 3.63) is 0 Å². The Kier molecular flexibility index (Phi) is 5.83. The Morgan fingerprint density at radius 1 is 1.21 bits per heavy atom. The molecule has 1 heterocycles. The molecule has 0 radical (unpaired) electrons. The Hall–Kier alpha value is -1.06. The molecule has 1 N–H and O–H groups in total. The van der Waals surface area contributed by atoms with Crippen molar-refractivity contribution in [2.45, 2.75) is 78.4 Å². The number of hydrogen-bond acceptors (Lipinski definition) is 2. The number of rotatable bonds is 6. The summed E-state index contributed by atoms with van der Waals surface area (Å²) in [4.78, 5) is 26.7. The molecule has 0 spiro atoms. The first-order chi connectivity index (χ1) is 8.97. The number of piperazine rings is 1. The third-order valence-electron chi connectivity index (χ3n) is 4.21. The van der Waals surface area contributed by atoms with Gasteiger partial charge in [-0.2, -0.15) is 0 Å². The number of carbonyl (C=O) groups excluding carboxylic acids is 2. The quantitative estimate of drug-likeness (QED) is 0.803. The van der Waals surface area contributed by atoms with Crippen LogP contribution >= 0.6 is 0 Å². The van der Waals surface area contributed by atoms with Crippen molar-refractivity contribution in [1.29, 1.82) is 0 Å². The monoisotopic (exact) mass is 268 g/mol. The maximum absolute atomic E-state index is 12.6. The zero-order chi connectivity index (χ0) is 14.6. The highest BCUT2D eigenvalue weighted by molar-refractivity contribution is 5.97. The molecule has 0 bridgehead atoms. The standard InChI is InChI=1S/C15H28N2O2/c1-6-9-11(5)17-13(10(4)7-2)14(18)16-12(8-3)15(17)19/h10-13H,6-9H2,1-5H3,(H,16,18). The van der Waals surface area contributed by atoms with Crippen molar-refractivity contribution in [3.63, 3.8) is 0 Å². The normalized spacial score (nSPS) is 27.1. The fraction of sp³-hybridized carbons (Fsp3) is 0.867. The minimum atomic E-state index is -0.341. The molecule has 19 heavy (non-hydrogen) atoms. The number of nitrogens with one attached hydrogen (secondary N) is 1. The lowest BCUT2D eigenvalue weighted by Gasteiger charge is -2.44. The number of hydrogen-bond donors (Lipinski definition) is 1. The van der Waals surface area contributed by atoms with Crippen LogP contribution in [0.25, 0.3) is 0 Å². The summed E-state index contributed by atoms with van der Waals surface area (Å²) < 4.78 is 0. The van der Waals surface area contributed by atoms with E-state index in [4.69, 9.17) is 0 Å². The van der Waals surface area contributed by atoms with Crippen molar-refractivity contribution in [1.82, 2.24) is 10.2 Å². The summed E-state index contributed by atoms with van der Waals surface area (Å²) in [6, 6.07) is -0.509. The Bertz CT molecular complexity index is 330. The molecule has 2 amide bonds. The number of amides is 2. The van der Waals surface area contributed by atoms with E-state index in [0.29, 0.717) is 6.42 Å². The maximum Gasteiger partial charge on any atom is 0.246 e. The molecule has 4 unspecified atom stereocenters. The van der Waals surface area contributed by atoms with Gasteiger partial charge < -0.3 is 10.2 Å². The molecule has 0 aromatic rings. The van der Waals surface area contributed by atoms with E-state index in [9.17, 15) is 9.59 Å². The van der Waals surface area contributed by atoms with Crippen LogP contribution in [0.5, 0.6) is 0 Å². The SMILES string of the molecule is CCCC(C)N1C(=O)C(CC)NC(=O)C1C(C)CC. The van der Waals surface area contributed by atoms with Gasteiger partial charge in [0.05, 0.1) is 0 Å². The summed E-state index contributed by atoms with van der Waals surface area (Å²) in [7, 11) is 0. The predicted molar refractivity (Wildman–Crippen MR) is 76.7 cm³/mol. The van der Waals surface area contributed by atoms with Crippen LogP contribution in [-0.4, -0.2) is 34.8 Å². The molecule has 1 saturated heterocycles. The fourth-order valence-corrected chi connectivity index (χ4v) is 2.84. The average Bonchev–Trinajstić information content (AvgIpc) is 2.39. The van der Waals surface area contributed by atoms with Crippen molar-refractivity contribution in [2.24, 2.45) is 5.92 Å². The molecule has 4 atom stereocenters. The van der Waals surface area contributed by atoms with Crippen molar-refractivity contribution >= 4 is 11.8 Å². The van der Waals surface area contributed by atoms with Gasteiger partial charge in [0.1, 0.15) is 12.1 Å². The lowest BCUT2D eigenvalue weighted by atomic mass is 9.91. The van der Waals surface area contributed by atoms with E-state index in [1.54, 1.807) is 0 Å². The number of nitrogens with zero attached hydrogens (tertiary/aromatic N) is 1. The summed E-state index contributed by atoms with van der Waals surface area (Å²) in [6.45, 7) is 10.2. The molecule has 110 valence electrons. The smallest absolute Gasteiger partial charge is 0.246 e. The molecule has 1 aliphatic rings. The van der Waals surface area contributed by atoms with Gasteiger partial charge in [-0.1, -0.05) is 40.5 Å². The lowest BCUT2D eigenvalue weighted by Crippen LogP contribution is -2.66. The minimum Gasteiger partial charge on any atom is -0.343 e. The topological polar surface area (TPSA) is 49.4 Å². The summed E-state index contributed by atoms with van der Waals surface area (Å²) in [6.07, 6.45) is 3.53. The molecule has 4 heteroatoms. The zero-order valence-electron chi connectivity index (χ0n) is 12.9. The van der Waals surface area contributed by atoms with E-state index < -0.39 is 0 Å².